The molecule has 0 aliphatic carbocycles. The number of halogens is 2. The first-order valence-electron chi connectivity index (χ1n) is 7.01. The zero-order chi connectivity index (χ0) is 15.2. The molecule has 2 rings (SSSR count). The first-order valence-corrected chi connectivity index (χ1v) is 8.18. The smallest absolute Gasteiger partial charge is 0.124 e. The molecule has 2 aromatic rings. The molecule has 0 fully saturated rings. The van der Waals surface area contributed by atoms with Crippen molar-refractivity contribution in [3.05, 3.63) is 63.1 Å². The second kappa shape index (κ2) is 7.83. The maximum Gasteiger partial charge on any atom is 0.124 e. The first kappa shape index (κ1) is 16.3. The summed E-state index contributed by atoms with van der Waals surface area (Å²) in [7, 11) is 1.95. The summed E-state index contributed by atoms with van der Waals surface area (Å²) in [6.07, 6.45) is 0.989. The van der Waals surface area contributed by atoms with E-state index in [2.05, 4.69) is 34.2 Å². The maximum atomic E-state index is 6.04. The quantitative estimate of drug-likeness (QED) is 0.756. The molecule has 0 spiro atoms. The monoisotopic (exact) mass is 367 g/mol. The summed E-state index contributed by atoms with van der Waals surface area (Å²) < 4.78 is 6.86. The van der Waals surface area contributed by atoms with Crippen LogP contribution in [0.5, 0.6) is 5.75 Å². The van der Waals surface area contributed by atoms with E-state index in [1.807, 2.05) is 43.4 Å². The normalized spacial score (nSPS) is 12.2. The van der Waals surface area contributed by atoms with E-state index in [9.17, 15) is 0 Å². The summed E-state index contributed by atoms with van der Waals surface area (Å²) >= 11 is 9.63. The third-order valence-corrected chi connectivity index (χ3v) is 4.18. The van der Waals surface area contributed by atoms with Crippen LogP contribution in [0.2, 0.25) is 5.02 Å². The van der Waals surface area contributed by atoms with Crippen molar-refractivity contribution in [1.29, 1.82) is 0 Å². The number of nitrogens with one attached hydrogen (secondary N) is 1. The molecule has 0 aliphatic rings. The average molecular weight is 369 g/mol. The molecular formula is C17H19BrClNO. The number of rotatable bonds is 6. The van der Waals surface area contributed by atoms with Gasteiger partial charge in [-0.25, -0.2) is 0 Å². The van der Waals surface area contributed by atoms with Crippen molar-refractivity contribution in [3.8, 4) is 5.75 Å². The summed E-state index contributed by atoms with van der Waals surface area (Å²) in [5, 5.41) is 4.08. The SMILES string of the molecule is CCCOc1ccccc1C(NC)c1ccc(Cl)cc1Br. The van der Waals surface area contributed by atoms with Crippen LogP contribution < -0.4 is 10.1 Å². The Labute approximate surface area is 139 Å². The second-order valence-electron chi connectivity index (χ2n) is 4.77. The van der Waals surface area contributed by atoms with Crippen LogP contribution in [0.15, 0.2) is 46.9 Å². The van der Waals surface area contributed by atoms with Gasteiger partial charge in [-0.3, -0.25) is 0 Å². The number of para-hydroxylation sites is 1. The minimum atomic E-state index is 0.0460. The van der Waals surface area contributed by atoms with E-state index in [0.29, 0.717) is 0 Å². The maximum absolute atomic E-state index is 6.04. The molecule has 112 valence electrons. The van der Waals surface area contributed by atoms with Crippen LogP contribution in [-0.4, -0.2) is 13.7 Å². The molecule has 0 saturated heterocycles. The predicted octanol–water partition coefficient (Wildman–Crippen LogP) is 5.20. The molecule has 0 amide bonds. The fourth-order valence-corrected chi connectivity index (χ4v) is 3.19. The topological polar surface area (TPSA) is 21.3 Å². The highest BCUT2D eigenvalue weighted by Gasteiger charge is 2.18. The summed E-state index contributed by atoms with van der Waals surface area (Å²) in [5.74, 6) is 0.917. The van der Waals surface area contributed by atoms with Gasteiger partial charge in [0.25, 0.3) is 0 Å². The molecule has 0 bridgehead atoms. The highest BCUT2D eigenvalue weighted by atomic mass is 79.9. The van der Waals surface area contributed by atoms with Gasteiger partial charge >= 0.3 is 0 Å². The van der Waals surface area contributed by atoms with Crippen molar-refractivity contribution in [2.75, 3.05) is 13.7 Å². The van der Waals surface area contributed by atoms with Gasteiger partial charge in [-0.1, -0.05) is 58.7 Å². The number of benzene rings is 2. The van der Waals surface area contributed by atoms with E-state index in [0.717, 1.165) is 39.4 Å². The Morgan fingerprint density at radius 3 is 2.62 bits per heavy atom. The molecule has 0 radical (unpaired) electrons. The van der Waals surface area contributed by atoms with E-state index < -0.39 is 0 Å². The Morgan fingerprint density at radius 1 is 1.19 bits per heavy atom. The predicted molar refractivity (Wildman–Crippen MR) is 92.3 cm³/mol. The van der Waals surface area contributed by atoms with Crippen molar-refractivity contribution in [3.63, 3.8) is 0 Å². The molecule has 2 nitrogen and oxygen atoms in total. The zero-order valence-corrected chi connectivity index (χ0v) is 14.5. The van der Waals surface area contributed by atoms with Crippen molar-refractivity contribution in [2.24, 2.45) is 0 Å². The molecule has 21 heavy (non-hydrogen) atoms. The highest BCUT2D eigenvalue weighted by molar-refractivity contribution is 9.10. The molecule has 0 aromatic heterocycles. The van der Waals surface area contributed by atoms with Gasteiger partial charge in [0.2, 0.25) is 0 Å². The number of ether oxygens (including phenoxy) is 1. The molecule has 2 aromatic carbocycles. The third-order valence-electron chi connectivity index (χ3n) is 3.25. The standard InChI is InChI=1S/C17H19BrClNO/c1-3-10-21-16-7-5-4-6-14(16)17(20-2)13-9-8-12(19)11-15(13)18/h4-9,11,17,20H,3,10H2,1-2H3. The Hall–Kier alpha value is -1.03. The summed E-state index contributed by atoms with van der Waals surface area (Å²) in [4.78, 5) is 0. The van der Waals surface area contributed by atoms with Gasteiger partial charge in [0, 0.05) is 15.1 Å². The van der Waals surface area contributed by atoms with Crippen molar-refractivity contribution in [2.45, 2.75) is 19.4 Å². The molecule has 0 aliphatic heterocycles. The molecule has 1 N–H and O–H groups in total. The van der Waals surface area contributed by atoms with E-state index in [-0.39, 0.29) is 6.04 Å². The van der Waals surface area contributed by atoms with E-state index in [1.165, 1.54) is 0 Å². The molecule has 1 atom stereocenters. The first-order chi connectivity index (χ1) is 10.2. The van der Waals surface area contributed by atoms with Crippen LogP contribution >= 0.6 is 27.5 Å². The summed E-state index contributed by atoms with van der Waals surface area (Å²) in [6, 6.07) is 14.0. The molecule has 1 unspecified atom stereocenters. The minimum Gasteiger partial charge on any atom is -0.493 e. The van der Waals surface area contributed by atoms with Crippen LogP contribution in [-0.2, 0) is 0 Å². The van der Waals surface area contributed by atoms with Gasteiger partial charge in [0.15, 0.2) is 0 Å². The Balaban J connectivity index is 2.41. The largest absolute Gasteiger partial charge is 0.493 e. The molecular weight excluding hydrogens is 350 g/mol. The van der Waals surface area contributed by atoms with E-state index in [1.54, 1.807) is 0 Å². The Bertz CT molecular complexity index is 603. The van der Waals surface area contributed by atoms with Gasteiger partial charge < -0.3 is 10.1 Å². The summed E-state index contributed by atoms with van der Waals surface area (Å²) in [6.45, 7) is 2.82. The lowest BCUT2D eigenvalue weighted by atomic mass is 9.98. The Morgan fingerprint density at radius 2 is 1.95 bits per heavy atom. The van der Waals surface area contributed by atoms with Crippen LogP contribution in [0.1, 0.15) is 30.5 Å². The van der Waals surface area contributed by atoms with Crippen LogP contribution in [0, 0.1) is 0 Å². The Kier molecular flexibility index (Phi) is 6.09. The lowest BCUT2D eigenvalue weighted by molar-refractivity contribution is 0.312. The van der Waals surface area contributed by atoms with E-state index >= 15 is 0 Å². The van der Waals surface area contributed by atoms with Gasteiger partial charge in [-0.2, -0.15) is 0 Å². The second-order valence-corrected chi connectivity index (χ2v) is 6.06. The average Bonchev–Trinajstić information content (AvgIpc) is 2.49. The summed E-state index contributed by atoms with van der Waals surface area (Å²) in [5.41, 5.74) is 2.26. The fourth-order valence-electron chi connectivity index (χ4n) is 2.28. The molecule has 0 saturated carbocycles. The number of hydrogen-bond donors (Lipinski definition) is 1. The van der Waals surface area contributed by atoms with Crippen molar-refractivity contribution >= 4 is 27.5 Å². The van der Waals surface area contributed by atoms with E-state index in [4.69, 9.17) is 16.3 Å². The van der Waals surface area contributed by atoms with Gasteiger partial charge in [0.05, 0.1) is 12.6 Å². The molecule has 4 heteroatoms. The minimum absolute atomic E-state index is 0.0460. The fraction of sp³-hybridized carbons (Fsp3) is 0.294. The zero-order valence-electron chi connectivity index (χ0n) is 12.2. The van der Waals surface area contributed by atoms with Crippen molar-refractivity contribution in [1.82, 2.24) is 5.32 Å². The van der Waals surface area contributed by atoms with Gasteiger partial charge in [0.1, 0.15) is 5.75 Å². The lowest BCUT2D eigenvalue weighted by Gasteiger charge is -2.22. The van der Waals surface area contributed by atoms with Crippen molar-refractivity contribution < 1.29 is 4.74 Å². The third kappa shape index (κ3) is 4.00. The lowest BCUT2D eigenvalue weighted by Crippen LogP contribution is -2.19. The molecule has 0 heterocycles. The van der Waals surface area contributed by atoms with Crippen LogP contribution in [0.3, 0.4) is 0 Å². The van der Waals surface area contributed by atoms with Crippen LogP contribution in [0.4, 0.5) is 0 Å². The van der Waals surface area contributed by atoms with Gasteiger partial charge in [-0.05, 0) is 37.2 Å². The number of hydrogen-bond acceptors (Lipinski definition) is 2. The van der Waals surface area contributed by atoms with Gasteiger partial charge in [-0.15, -0.1) is 0 Å². The van der Waals surface area contributed by atoms with Crippen LogP contribution in [0.25, 0.3) is 0 Å². The highest BCUT2D eigenvalue weighted by Crippen LogP contribution is 2.34.